The molecule has 2 N–H and O–H groups in total. The minimum Gasteiger partial charge on any atom is -0.399 e. The normalized spacial score (nSPS) is 18.9. The van der Waals surface area contributed by atoms with Crippen molar-refractivity contribution in [1.29, 1.82) is 0 Å². The molecule has 0 unspecified atom stereocenters. The van der Waals surface area contributed by atoms with Gasteiger partial charge in [0.1, 0.15) is 5.82 Å². The molecule has 2 aliphatic rings. The molecule has 0 atom stereocenters. The number of rotatable bonds is 1. The van der Waals surface area contributed by atoms with Gasteiger partial charge in [-0.05, 0) is 54.3 Å². The first-order valence-corrected chi connectivity index (χ1v) is 7.06. The Bertz CT molecular complexity index is 676. The van der Waals surface area contributed by atoms with Crippen LogP contribution in [-0.2, 0) is 12.0 Å². The van der Waals surface area contributed by atoms with Gasteiger partial charge in [0.05, 0.1) is 0 Å². The summed E-state index contributed by atoms with van der Waals surface area (Å²) in [5.74, 6) is -0.175. The Kier molecular flexibility index (Phi) is 2.34. The van der Waals surface area contributed by atoms with E-state index in [1.54, 1.807) is 12.1 Å². The van der Waals surface area contributed by atoms with E-state index in [-0.39, 0.29) is 11.2 Å². The number of benzene rings is 2. The van der Waals surface area contributed by atoms with Crippen molar-refractivity contribution >= 4 is 11.4 Å². The highest BCUT2D eigenvalue weighted by Gasteiger charge is 2.49. The van der Waals surface area contributed by atoms with Crippen LogP contribution in [0.2, 0.25) is 0 Å². The highest BCUT2D eigenvalue weighted by atomic mass is 19.1. The number of halogens is 1. The maximum absolute atomic E-state index is 13.4. The monoisotopic (exact) mass is 268 g/mol. The van der Waals surface area contributed by atoms with E-state index < -0.39 is 0 Å². The van der Waals surface area contributed by atoms with Gasteiger partial charge in [0.2, 0.25) is 0 Å². The summed E-state index contributed by atoms with van der Waals surface area (Å²) in [7, 11) is 0. The molecule has 1 heterocycles. The zero-order chi connectivity index (χ0) is 13.7. The van der Waals surface area contributed by atoms with Gasteiger partial charge in [-0.2, -0.15) is 0 Å². The second-order valence-corrected chi connectivity index (χ2v) is 6.03. The smallest absolute Gasteiger partial charge is 0.125 e. The molecule has 2 aromatic rings. The van der Waals surface area contributed by atoms with Crippen LogP contribution in [0.5, 0.6) is 0 Å². The van der Waals surface area contributed by atoms with Gasteiger partial charge in [0.15, 0.2) is 0 Å². The van der Waals surface area contributed by atoms with Crippen LogP contribution in [0.3, 0.4) is 0 Å². The molecule has 2 aromatic carbocycles. The molecule has 102 valence electrons. The molecule has 0 amide bonds. The molecular formula is C17H17FN2. The van der Waals surface area contributed by atoms with Gasteiger partial charge in [0, 0.05) is 29.9 Å². The van der Waals surface area contributed by atoms with E-state index >= 15 is 0 Å². The van der Waals surface area contributed by atoms with Crippen molar-refractivity contribution in [3.8, 4) is 0 Å². The molecule has 1 spiro atoms. The molecule has 1 saturated carbocycles. The second kappa shape index (κ2) is 3.98. The first-order valence-electron chi connectivity index (χ1n) is 7.06. The molecular weight excluding hydrogens is 251 g/mol. The van der Waals surface area contributed by atoms with Crippen molar-refractivity contribution in [2.75, 3.05) is 17.2 Å². The van der Waals surface area contributed by atoms with Crippen LogP contribution in [0.4, 0.5) is 15.8 Å². The van der Waals surface area contributed by atoms with Crippen molar-refractivity contribution < 1.29 is 4.39 Å². The predicted molar refractivity (Wildman–Crippen MR) is 79.2 cm³/mol. The van der Waals surface area contributed by atoms with Crippen LogP contribution >= 0.6 is 0 Å². The standard InChI is InChI=1S/C17H17FN2/c18-13-2-1-3-15(9-13)20-10-12-8-14(19)4-5-16(12)17(11-20)6-7-17/h1-5,8-9H,6-7,10-11,19H2. The molecule has 3 heteroatoms. The molecule has 1 aliphatic heterocycles. The molecule has 20 heavy (non-hydrogen) atoms. The minimum absolute atomic E-state index is 0.175. The summed E-state index contributed by atoms with van der Waals surface area (Å²) in [6.07, 6.45) is 2.44. The molecule has 0 bridgehead atoms. The highest BCUT2D eigenvalue weighted by Crippen LogP contribution is 2.53. The van der Waals surface area contributed by atoms with E-state index in [0.29, 0.717) is 0 Å². The number of anilines is 2. The summed E-state index contributed by atoms with van der Waals surface area (Å²) in [4.78, 5) is 2.28. The van der Waals surface area contributed by atoms with E-state index in [9.17, 15) is 4.39 Å². The molecule has 1 aliphatic carbocycles. The van der Waals surface area contributed by atoms with Gasteiger partial charge >= 0.3 is 0 Å². The van der Waals surface area contributed by atoms with Crippen LogP contribution in [0.1, 0.15) is 24.0 Å². The highest BCUT2D eigenvalue weighted by molar-refractivity contribution is 5.57. The average Bonchev–Trinajstić information content (AvgIpc) is 3.18. The minimum atomic E-state index is -0.175. The fourth-order valence-electron chi connectivity index (χ4n) is 3.41. The quantitative estimate of drug-likeness (QED) is 0.803. The van der Waals surface area contributed by atoms with E-state index in [1.165, 1.54) is 30.0 Å². The lowest BCUT2D eigenvalue weighted by molar-refractivity contribution is 0.587. The molecule has 0 saturated heterocycles. The fraction of sp³-hybridized carbons (Fsp3) is 0.294. The Hall–Kier alpha value is -2.03. The van der Waals surface area contributed by atoms with E-state index in [4.69, 9.17) is 5.73 Å². The molecule has 2 nitrogen and oxygen atoms in total. The zero-order valence-electron chi connectivity index (χ0n) is 11.3. The topological polar surface area (TPSA) is 29.3 Å². The lowest BCUT2D eigenvalue weighted by Crippen LogP contribution is -2.38. The third-order valence-electron chi connectivity index (χ3n) is 4.58. The van der Waals surface area contributed by atoms with Crippen molar-refractivity contribution in [3.05, 3.63) is 59.4 Å². The third-order valence-corrected chi connectivity index (χ3v) is 4.58. The van der Waals surface area contributed by atoms with Crippen LogP contribution in [0.15, 0.2) is 42.5 Å². The van der Waals surface area contributed by atoms with Crippen LogP contribution in [0, 0.1) is 5.82 Å². The summed E-state index contributed by atoms with van der Waals surface area (Å²) in [6, 6.07) is 13.1. The van der Waals surface area contributed by atoms with Gasteiger partial charge in [-0.15, -0.1) is 0 Å². The Balaban J connectivity index is 1.76. The van der Waals surface area contributed by atoms with Crippen molar-refractivity contribution in [2.45, 2.75) is 24.8 Å². The second-order valence-electron chi connectivity index (χ2n) is 6.03. The summed E-state index contributed by atoms with van der Waals surface area (Å²) in [5, 5.41) is 0. The summed E-state index contributed by atoms with van der Waals surface area (Å²) < 4.78 is 13.4. The van der Waals surface area contributed by atoms with Crippen LogP contribution in [-0.4, -0.2) is 6.54 Å². The average molecular weight is 268 g/mol. The summed E-state index contributed by atoms with van der Waals surface area (Å²) in [5.41, 5.74) is 10.7. The SMILES string of the molecule is Nc1ccc2c(c1)CN(c1cccc(F)c1)CC21CC1. The number of fused-ring (bicyclic) bond motifs is 2. The number of hydrogen-bond donors (Lipinski definition) is 1. The van der Waals surface area contributed by atoms with Gasteiger partial charge in [0.25, 0.3) is 0 Å². The first-order chi connectivity index (χ1) is 9.66. The lowest BCUT2D eigenvalue weighted by atomic mass is 9.86. The van der Waals surface area contributed by atoms with Gasteiger partial charge in [-0.1, -0.05) is 12.1 Å². The number of nitrogens with two attached hydrogens (primary N) is 1. The van der Waals surface area contributed by atoms with Crippen molar-refractivity contribution in [2.24, 2.45) is 0 Å². The lowest BCUT2D eigenvalue weighted by Gasteiger charge is -2.36. The number of nitrogen functional groups attached to an aromatic ring is 1. The summed E-state index contributed by atoms with van der Waals surface area (Å²) in [6.45, 7) is 1.79. The largest absolute Gasteiger partial charge is 0.399 e. The van der Waals surface area contributed by atoms with Crippen molar-refractivity contribution in [3.63, 3.8) is 0 Å². The Morgan fingerprint density at radius 3 is 2.70 bits per heavy atom. The van der Waals surface area contributed by atoms with E-state index in [0.717, 1.165) is 24.5 Å². The Labute approximate surface area is 118 Å². The number of nitrogens with zero attached hydrogens (tertiary/aromatic N) is 1. The first kappa shape index (κ1) is 11.8. The summed E-state index contributed by atoms with van der Waals surface area (Å²) >= 11 is 0. The Morgan fingerprint density at radius 1 is 1.10 bits per heavy atom. The van der Waals surface area contributed by atoms with Crippen molar-refractivity contribution in [1.82, 2.24) is 0 Å². The predicted octanol–water partition coefficient (Wildman–Crippen LogP) is 3.46. The third kappa shape index (κ3) is 1.77. The molecule has 0 radical (unpaired) electrons. The Morgan fingerprint density at radius 2 is 1.95 bits per heavy atom. The van der Waals surface area contributed by atoms with Crippen LogP contribution in [0.25, 0.3) is 0 Å². The zero-order valence-corrected chi connectivity index (χ0v) is 11.3. The maximum atomic E-state index is 13.4. The van der Waals surface area contributed by atoms with Gasteiger partial charge < -0.3 is 10.6 Å². The van der Waals surface area contributed by atoms with Gasteiger partial charge in [-0.25, -0.2) is 4.39 Å². The maximum Gasteiger partial charge on any atom is 0.125 e. The van der Waals surface area contributed by atoms with Gasteiger partial charge in [-0.3, -0.25) is 0 Å². The fourth-order valence-corrected chi connectivity index (χ4v) is 3.41. The van der Waals surface area contributed by atoms with E-state index in [2.05, 4.69) is 17.0 Å². The molecule has 0 aromatic heterocycles. The molecule has 1 fully saturated rings. The number of hydrogen-bond acceptors (Lipinski definition) is 2. The van der Waals surface area contributed by atoms with Crippen LogP contribution < -0.4 is 10.6 Å². The molecule has 4 rings (SSSR count). The van der Waals surface area contributed by atoms with E-state index in [1.807, 2.05) is 12.1 Å².